The van der Waals surface area contributed by atoms with Crippen molar-refractivity contribution in [2.75, 3.05) is 0 Å². The van der Waals surface area contributed by atoms with Gasteiger partial charge in [0.05, 0.1) is 12.1 Å². The van der Waals surface area contributed by atoms with Crippen LogP contribution in [0, 0.1) is 0 Å². The summed E-state index contributed by atoms with van der Waals surface area (Å²) < 4.78 is 44.8. The van der Waals surface area contributed by atoms with Crippen LogP contribution in [0.5, 0.6) is 0 Å². The molecule has 0 aliphatic carbocycles. The number of nitrogens with zero attached hydrogens (tertiary/aromatic N) is 1. The van der Waals surface area contributed by atoms with Crippen LogP contribution < -0.4 is 5.32 Å². The maximum atomic E-state index is 13.0. The molecule has 0 spiro atoms. The van der Waals surface area contributed by atoms with Crippen molar-refractivity contribution in [3.63, 3.8) is 0 Å². The normalized spacial score (nSPS) is 12.4. The number of alkyl halides is 3. The highest BCUT2D eigenvalue weighted by Gasteiger charge is 2.30. The molecule has 0 fully saturated rings. The van der Waals surface area contributed by atoms with Gasteiger partial charge >= 0.3 is 6.18 Å². The van der Waals surface area contributed by atoms with Gasteiger partial charge in [0.15, 0.2) is 5.76 Å². The number of carbonyl (C=O) groups is 1. The minimum Gasteiger partial charge on any atom is -0.455 e. The molecule has 4 nitrogen and oxygen atoms in total. The molecule has 0 saturated heterocycles. The maximum absolute atomic E-state index is 13.0. The number of hydrogen-bond acceptors (Lipinski definition) is 3. The number of halogens is 3. The van der Waals surface area contributed by atoms with E-state index in [1.165, 1.54) is 17.7 Å². The molecule has 38 heavy (non-hydrogen) atoms. The van der Waals surface area contributed by atoms with Gasteiger partial charge in [-0.2, -0.15) is 13.2 Å². The molecule has 1 atom stereocenters. The summed E-state index contributed by atoms with van der Waals surface area (Å²) in [5.41, 5.74) is 2.37. The number of hydrogen-bond donors (Lipinski definition) is 1. The monoisotopic (exact) mass is 520 g/mol. The number of aryl methyl sites for hydroxylation is 1. The Balaban J connectivity index is 1.39. The predicted octanol–water partition coefficient (Wildman–Crippen LogP) is 7.25. The second-order valence-electron chi connectivity index (χ2n) is 9.49. The van der Waals surface area contributed by atoms with E-state index in [2.05, 4.69) is 22.3 Å². The van der Waals surface area contributed by atoms with E-state index in [-0.39, 0.29) is 17.7 Å². The topological polar surface area (TPSA) is 45.5 Å². The van der Waals surface area contributed by atoms with Crippen LogP contribution in [0.15, 0.2) is 101 Å². The fourth-order valence-corrected chi connectivity index (χ4v) is 4.27. The van der Waals surface area contributed by atoms with Gasteiger partial charge in [0.2, 0.25) is 0 Å². The van der Waals surface area contributed by atoms with Crippen molar-refractivity contribution >= 4 is 5.91 Å². The number of furan rings is 1. The Morgan fingerprint density at radius 2 is 1.37 bits per heavy atom. The van der Waals surface area contributed by atoms with E-state index in [1.54, 1.807) is 12.1 Å². The first kappa shape index (κ1) is 27.2. The Hall–Kier alpha value is -3.84. The number of amides is 1. The third-order valence-corrected chi connectivity index (χ3v) is 6.29. The van der Waals surface area contributed by atoms with Crippen LogP contribution >= 0.6 is 0 Å². The SMILES string of the molecule is CC(CCc1ccccc1)NC(=O)c1ccc(CN(Cc2ccccc2)Cc2ccc(C(F)(F)F)cc2)o1. The fourth-order valence-electron chi connectivity index (χ4n) is 4.27. The molecule has 0 saturated carbocycles. The highest BCUT2D eigenvalue weighted by Crippen LogP contribution is 2.29. The molecule has 0 aliphatic rings. The zero-order chi connectivity index (χ0) is 27.0. The Labute approximate surface area is 221 Å². The average molecular weight is 521 g/mol. The van der Waals surface area contributed by atoms with E-state index < -0.39 is 11.7 Å². The standard InChI is InChI=1S/C31H31F3N2O2/c1-23(12-13-24-8-4-2-5-9-24)35-30(37)29-19-18-28(38-29)22-36(20-25-10-6-3-7-11-25)21-26-14-16-27(17-15-26)31(32,33)34/h2-11,14-19,23H,12-13,20-22H2,1H3,(H,35,37). The van der Waals surface area contributed by atoms with Crippen molar-refractivity contribution in [3.8, 4) is 0 Å². The molecular formula is C31H31F3N2O2. The third kappa shape index (κ3) is 8.08. The highest BCUT2D eigenvalue weighted by molar-refractivity contribution is 5.91. The highest BCUT2D eigenvalue weighted by atomic mass is 19.4. The van der Waals surface area contributed by atoms with E-state index >= 15 is 0 Å². The van der Waals surface area contributed by atoms with Crippen LogP contribution in [0.2, 0.25) is 0 Å². The van der Waals surface area contributed by atoms with Crippen molar-refractivity contribution in [1.29, 1.82) is 0 Å². The lowest BCUT2D eigenvalue weighted by Crippen LogP contribution is -2.32. The van der Waals surface area contributed by atoms with Gasteiger partial charge in [0.25, 0.3) is 5.91 Å². The van der Waals surface area contributed by atoms with E-state index in [9.17, 15) is 18.0 Å². The quantitative estimate of drug-likeness (QED) is 0.227. The van der Waals surface area contributed by atoms with Crippen LogP contribution in [0.3, 0.4) is 0 Å². The van der Waals surface area contributed by atoms with Crippen LogP contribution in [-0.4, -0.2) is 16.8 Å². The van der Waals surface area contributed by atoms with Crippen LogP contribution in [0.4, 0.5) is 13.2 Å². The molecule has 3 aromatic carbocycles. The van der Waals surface area contributed by atoms with Gasteiger partial charge in [0.1, 0.15) is 5.76 Å². The summed E-state index contributed by atoms with van der Waals surface area (Å²) in [4.78, 5) is 14.8. The molecule has 1 heterocycles. The van der Waals surface area contributed by atoms with E-state index in [0.29, 0.717) is 25.4 Å². The van der Waals surface area contributed by atoms with Crippen LogP contribution in [0.1, 0.15) is 51.9 Å². The lowest BCUT2D eigenvalue weighted by atomic mass is 10.1. The van der Waals surface area contributed by atoms with Crippen molar-refractivity contribution in [2.24, 2.45) is 0 Å². The van der Waals surface area contributed by atoms with Crippen molar-refractivity contribution in [3.05, 3.63) is 131 Å². The molecule has 4 aromatic rings. The number of carbonyl (C=O) groups excluding carboxylic acids is 1. The third-order valence-electron chi connectivity index (χ3n) is 6.29. The Morgan fingerprint density at radius 3 is 1.97 bits per heavy atom. The lowest BCUT2D eigenvalue weighted by Gasteiger charge is -2.22. The molecular weight excluding hydrogens is 489 g/mol. The summed E-state index contributed by atoms with van der Waals surface area (Å²) in [6.07, 6.45) is -2.70. The Bertz CT molecular complexity index is 1290. The molecule has 0 radical (unpaired) electrons. The van der Waals surface area contributed by atoms with Crippen LogP contribution in [0.25, 0.3) is 0 Å². The minimum absolute atomic E-state index is 0.0227. The van der Waals surface area contributed by atoms with Gasteiger partial charge in [0, 0.05) is 19.1 Å². The largest absolute Gasteiger partial charge is 0.455 e. The molecule has 1 amide bonds. The van der Waals surface area contributed by atoms with E-state index in [4.69, 9.17) is 4.42 Å². The predicted molar refractivity (Wildman–Crippen MR) is 141 cm³/mol. The van der Waals surface area contributed by atoms with Gasteiger partial charge in [-0.25, -0.2) is 0 Å². The summed E-state index contributed by atoms with van der Waals surface area (Å²) in [7, 11) is 0. The van der Waals surface area contributed by atoms with E-state index in [0.717, 1.165) is 36.1 Å². The summed E-state index contributed by atoms with van der Waals surface area (Å²) >= 11 is 0. The van der Waals surface area contributed by atoms with Crippen molar-refractivity contribution < 1.29 is 22.4 Å². The first-order chi connectivity index (χ1) is 18.3. The van der Waals surface area contributed by atoms with Gasteiger partial charge in [-0.05, 0) is 60.7 Å². The second-order valence-corrected chi connectivity index (χ2v) is 9.49. The number of rotatable bonds is 11. The summed E-state index contributed by atoms with van der Waals surface area (Å²) in [6.45, 7) is 3.36. The van der Waals surface area contributed by atoms with Gasteiger partial charge in [-0.1, -0.05) is 72.8 Å². The molecule has 7 heteroatoms. The molecule has 1 N–H and O–H groups in total. The summed E-state index contributed by atoms with van der Waals surface area (Å²) in [6, 6.07) is 28.5. The van der Waals surface area contributed by atoms with Gasteiger partial charge in [-0.15, -0.1) is 0 Å². The summed E-state index contributed by atoms with van der Waals surface area (Å²) in [5.74, 6) is 0.574. The maximum Gasteiger partial charge on any atom is 0.416 e. The molecule has 198 valence electrons. The molecule has 1 aromatic heterocycles. The van der Waals surface area contributed by atoms with Crippen LogP contribution in [-0.2, 0) is 32.2 Å². The zero-order valence-corrected chi connectivity index (χ0v) is 21.2. The second kappa shape index (κ2) is 12.6. The lowest BCUT2D eigenvalue weighted by molar-refractivity contribution is -0.137. The molecule has 0 aliphatic heterocycles. The molecule has 0 bridgehead atoms. The summed E-state index contributed by atoms with van der Waals surface area (Å²) in [5, 5.41) is 2.99. The average Bonchev–Trinajstić information content (AvgIpc) is 3.37. The Morgan fingerprint density at radius 1 is 0.789 bits per heavy atom. The minimum atomic E-state index is -4.37. The first-order valence-electron chi connectivity index (χ1n) is 12.6. The smallest absolute Gasteiger partial charge is 0.416 e. The molecule has 4 rings (SSSR count). The van der Waals surface area contributed by atoms with E-state index in [1.807, 2.05) is 55.5 Å². The molecule has 1 unspecified atom stereocenters. The van der Waals surface area contributed by atoms with Crippen molar-refractivity contribution in [2.45, 2.75) is 51.6 Å². The number of benzene rings is 3. The van der Waals surface area contributed by atoms with Crippen molar-refractivity contribution in [1.82, 2.24) is 10.2 Å². The number of nitrogens with one attached hydrogen (secondary N) is 1. The first-order valence-corrected chi connectivity index (χ1v) is 12.6. The van der Waals surface area contributed by atoms with Gasteiger partial charge in [-0.3, -0.25) is 9.69 Å². The fraction of sp³-hybridized carbons (Fsp3) is 0.258. The Kier molecular flexibility index (Phi) is 9.02. The zero-order valence-electron chi connectivity index (χ0n) is 21.2. The van der Waals surface area contributed by atoms with Gasteiger partial charge < -0.3 is 9.73 Å².